The minimum absolute atomic E-state index is 0.0411. The fourth-order valence-corrected chi connectivity index (χ4v) is 4.81. The molecule has 0 spiro atoms. The van der Waals surface area contributed by atoms with Crippen LogP contribution in [0.25, 0.3) is 0 Å². The van der Waals surface area contributed by atoms with Crippen LogP contribution < -0.4 is 5.32 Å². The molecule has 2 aliphatic carbocycles. The van der Waals surface area contributed by atoms with Crippen molar-refractivity contribution in [2.24, 2.45) is 0 Å². The monoisotopic (exact) mass is 344 g/mol. The third kappa shape index (κ3) is 2.31. The smallest absolute Gasteiger partial charge is 0.324 e. The van der Waals surface area contributed by atoms with Crippen molar-refractivity contribution in [1.29, 1.82) is 0 Å². The predicted octanol–water partition coefficient (Wildman–Crippen LogP) is 3.36. The molecule has 0 radical (unpaired) electrons. The van der Waals surface area contributed by atoms with E-state index in [-0.39, 0.29) is 16.6 Å². The number of Topliss-reactive ketones (excluding diaryl/α,β-unsaturated/α-hetero) is 2. The maximum Gasteiger partial charge on any atom is 0.324 e. The molecule has 7 heteroatoms. The standard InChI is InChI=1S/C17H16N2O4S/c20-11-5-1-3-9-15(11)17(13-7-8-14(24-13)19(22)23)16-10(18-9)4-2-6-12(16)21/h7-8,17-18H,1-6H2. The topological polar surface area (TPSA) is 89.3 Å². The maximum atomic E-state index is 12.6. The number of hydrogen-bond acceptors (Lipinski definition) is 6. The Labute approximate surface area is 142 Å². The minimum atomic E-state index is -0.435. The van der Waals surface area contributed by atoms with Crippen LogP contribution in [0.4, 0.5) is 5.00 Å². The first-order valence-electron chi connectivity index (χ1n) is 8.10. The molecular formula is C17H16N2O4S. The second-order valence-electron chi connectivity index (χ2n) is 6.33. The van der Waals surface area contributed by atoms with Crippen LogP contribution in [0.2, 0.25) is 0 Å². The minimum Gasteiger partial charge on any atom is -0.362 e. The van der Waals surface area contributed by atoms with Gasteiger partial charge in [0, 0.05) is 46.3 Å². The van der Waals surface area contributed by atoms with Gasteiger partial charge in [-0.15, -0.1) is 0 Å². The second-order valence-corrected chi connectivity index (χ2v) is 7.42. The molecule has 0 aromatic carbocycles. The molecule has 124 valence electrons. The number of dihydropyridines is 1. The quantitative estimate of drug-likeness (QED) is 0.656. The Morgan fingerprint density at radius 1 is 1.00 bits per heavy atom. The zero-order chi connectivity index (χ0) is 16.8. The van der Waals surface area contributed by atoms with Gasteiger partial charge < -0.3 is 5.32 Å². The molecule has 0 saturated carbocycles. The van der Waals surface area contributed by atoms with E-state index < -0.39 is 10.8 Å². The van der Waals surface area contributed by atoms with Crippen molar-refractivity contribution in [1.82, 2.24) is 5.32 Å². The van der Waals surface area contributed by atoms with Crippen LogP contribution in [0.1, 0.15) is 49.3 Å². The van der Waals surface area contributed by atoms with E-state index in [0.29, 0.717) is 28.9 Å². The van der Waals surface area contributed by atoms with Gasteiger partial charge in [-0.2, -0.15) is 0 Å². The Kier molecular flexibility index (Phi) is 3.60. The molecule has 0 atom stereocenters. The highest BCUT2D eigenvalue weighted by atomic mass is 32.1. The van der Waals surface area contributed by atoms with Crippen molar-refractivity contribution in [3.63, 3.8) is 0 Å². The molecule has 24 heavy (non-hydrogen) atoms. The molecule has 0 fully saturated rings. The van der Waals surface area contributed by atoms with Crippen molar-refractivity contribution >= 4 is 27.9 Å². The van der Waals surface area contributed by atoms with Crippen molar-refractivity contribution in [3.05, 3.63) is 49.7 Å². The van der Waals surface area contributed by atoms with Crippen LogP contribution in [0.5, 0.6) is 0 Å². The van der Waals surface area contributed by atoms with Gasteiger partial charge in [0.2, 0.25) is 0 Å². The van der Waals surface area contributed by atoms with E-state index in [4.69, 9.17) is 0 Å². The van der Waals surface area contributed by atoms with E-state index >= 15 is 0 Å². The van der Waals surface area contributed by atoms with Gasteiger partial charge in [-0.1, -0.05) is 11.3 Å². The number of hydrogen-bond donors (Lipinski definition) is 1. The van der Waals surface area contributed by atoms with E-state index in [2.05, 4.69) is 5.32 Å². The van der Waals surface area contributed by atoms with Gasteiger partial charge >= 0.3 is 5.00 Å². The Hall–Kier alpha value is -2.28. The summed E-state index contributed by atoms with van der Waals surface area (Å²) in [4.78, 5) is 36.5. The lowest BCUT2D eigenvalue weighted by molar-refractivity contribution is -0.380. The number of rotatable bonds is 2. The summed E-state index contributed by atoms with van der Waals surface area (Å²) in [5.41, 5.74) is 3.10. The summed E-state index contributed by atoms with van der Waals surface area (Å²) in [5, 5.41) is 14.4. The van der Waals surface area contributed by atoms with Crippen LogP contribution in [-0.4, -0.2) is 16.5 Å². The molecule has 1 N–H and O–H groups in total. The lowest BCUT2D eigenvalue weighted by atomic mass is 9.74. The van der Waals surface area contributed by atoms with Crippen molar-refractivity contribution in [2.45, 2.75) is 44.4 Å². The van der Waals surface area contributed by atoms with Gasteiger partial charge in [0.1, 0.15) is 0 Å². The van der Waals surface area contributed by atoms with E-state index in [0.717, 1.165) is 48.4 Å². The first-order chi connectivity index (χ1) is 11.6. The van der Waals surface area contributed by atoms with Gasteiger partial charge in [0.15, 0.2) is 11.6 Å². The number of carbonyl (C=O) groups excluding carboxylic acids is 2. The fraction of sp³-hybridized carbons (Fsp3) is 0.412. The summed E-state index contributed by atoms with van der Waals surface area (Å²) in [6.07, 6.45) is 4.13. The molecule has 1 aromatic heterocycles. The average molecular weight is 344 g/mol. The number of allylic oxidation sites excluding steroid dienone is 4. The lowest BCUT2D eigenvalue weighted by Gasteiger charge is -2.36. The van der Waals surface area contributed by atoms with Crippen molar-refractivity contribution in [3.8, 4) is 0 Å². The third-order valence-corrected chi connectivity index (χ3v) is 5.97. The first-order valence-corrected chi connectivity index (χ1v) is 8.91. The zero-order valence-corrected chi connectivity index (χ0v) is 13.8. The van der Waals surface area contributed by atoms with E-state index in [9.17, 15) is 19.7 Å². The Balaban J connectivity index is 1.88. The second kappa shape index (κ2) is 5.66. The Bertz CT molecular complexity index is 791. The SMILES string of the molecule is O=C1CCCC2=C1C(c1ccc([N+](=O)[O-])s1)C1=C(CCCC1=O)N2. The molecule has 1 aliphatic heterocycles. The van der Waals surface area contributed by atoms with Crippen LogP contribution in [0, 0.1) is 10.1 Å². The van der Waals surface area contributed by atoms with Crippen LogP contribution in [-0.2, 0) is 9.59 Å². The number of nitrogens with one attached hydrogen (secondary N) is 1. The Morgan fingerprint density at radius 2 is 1.58 bits per heavy atom. The molecule has 0 bridgehead atoms. The molecule has 6 nitrogen and oxygen atoms in total. The first kappa shape index (κ1) is 15.3. The van der Waals surface area contributed by atoms with Gasteiger partial charge in [-0.25, -0.2) is 0 Å². The van der Waals surface area contributed by atoms with Gasteiger partial charge in [0.25, 0.3) is 0 Å². The molecule has 0 amide bonds. The normalized spacial score (nSPS) is 21.5. The van der Waals surface area contributed by atoms with Gasteiger partial charge in [0.05, 0.1) is 10.8 Å². The Morgan fingerprint density at radius 3 is 2.08 bits per heavy atom. The van der Waals surface area contributed by atoms with Gasteiger partial charge in [-0.05, 0) is 31.7 Å². The highest BCUT2D eigenvalue weighted by molar-refractivity contribution is 7.15. The van der Waals surface area contributed by atoms with Crippen LogP contribution in [0.15, 0.2) is 34.7 Å². The van der Waals surface area contributed by atoms with Crippen LogP contribution >= 0.6 is 11.3 Å². The zero-order valence-electron chi connectivity index (χ0n) is 13.0. The van der Waals surface area contributed by atoms with Gasteiger partial charge in [-0.3, -0.25) is 19.7 Å². The average Bonchev–Trinajstić information content (AvgIpc) is 3.03. The number of nitrogens with zero attached hydrogens (tertiary/aromatic N) is 1. The molecule has 3 aliphatic rings. The summed E-state index contributed by atoms with van der Waals surface area (Å²) in [5.74, 6) is -0.333. The molecular weight excluding hydrogens is 328 g/mol. The maximum absolute atomic E-state index is 12.6. The summed E-state index contributed by atoms with van der Waals surface area (Å²) in [6.45, 7) is 0. The summed E-state index contributed by atoms with van der Waals surface area (Å²) in [7, 11) is 0. The molecule has 4 rings (SSSR count). The third-order valence-electron chi connectivity index (χ3n) is 4.87. The number of nitro groups is 1. The number of thiophene rings is 1. The summed E-state index contributed by atoms with van der Waals surface area (Å²) >= 11 is 1.06. The highest BCUT2D eigenvalue weighted by Crippen LogP contribution is 2.47. The summed E-state index contributed by atoms with van der Waals surface area (Å²) < 4.78 is 0. The largest absolute Gasteiger partial charge is 0.362 e. The predicted molar refractivity (Wildman–Crippen MR) is 88.6 cm³/mol. The lowest BCUT2D eigenvalue weighted by Crippen LogP contribution is -2.35. The summed E-state index contributed by atoms with van der Waals surface area (Å²) in [6, 6.07) is 3.15. The van der Waals surface area contributed by atoms with Crippen molar-refractivity contribution < 1.29 is 14.5 Å². The number of ketones is 2. The molecule has 0 saturated heterocycles. The van der Waals surface area contributed by atoms with Crippen LogP contribution in [0.3, 0.4) is 0 Å². The molecule has 0 unspecified atom stereocenters. The molecule has 1 aromatic rings. The highest BCUT2D eigenvalue weighted by Gasteiger charge is 2.41. The fourth-order valence-electron chi connectivity index (χ4n) is 3.86. The number of carbonyl (C=O) groups is 2. The molecule has 2 heterocycles. The van der Waals surface area contributed by atoms with E-state index in [1.54, 1.807) is 6.07 Å². The van der Waals surface area contributed by atoms with E-state index in [1.807, 2.05) is 0 Å². The van der Waals surface area contributed by atoms with Crippen molar-refractivity contribution in [2.75, 3.05) is 0 Å². The van der Waals surface area contributed by atoms with E-state index in [1.165, 1.54) is 6.07 Å².